The Balaban J connectivity index is 1.76. The number of hydrogen-bond acceptors (Lipinski definition) is 4. The highest BCUT2D eigenvalue weighted by atomic mass is 35.5. The monoisotopic (exact) mass is 428 g/mol. The maximum absolute atomic E-state index is 13.0. The normalized spacial score (nSPS) is 13.7. The fourth-order valence-corrected chi connectivity index (χ4v) is 4.29. The molecule has 2 aromatic carbocycles. The zero-order chi connectivity index (χ0) is 18.7. The van der Waals surface area contributed by atoms with Crippen molar-refractivity contribution in [3.05, 3.63) is 62.6 Å². The highest BCUT2D eigenvalue weighted by Gasteiger charge is 2.27. The molecule has 2 aromatic rings. The number of aliphatic imine (C=N–C) groups is 1. The Kier molecular flexibility index (Phi) is 6.35. The number of amidine groups is 1. The van der Waals surface area contributed by atoms with Gasteiger partial charge in [-0.1, -0.05) is 52.6 Å². The SMILES string of the molecule is COc1ccc(Cl)cc1C(=O)N1CCN=C1SCc1ccc(Cl)cc1Cl. The van der Waals surface area contributed by atoms with Crippen molar-refractivity contribution in [2.45, 2.75) is 5.75 Å². The summed E-state index contributed by atoms with van der Waals surface area (Å²) in [6, 6.07) is 10.4. The van der Waals surface area contributed by atoms with Crippen LogP contribution in [0.15, 0.2) is 41.4 Å². The third kappa shape index (κ3) is 4.29. The molecule has 8 heteroatoms. The van der Waals surface area contributed by atoms with Crippen LogP contribution < -0.4 is 4.74 Å². The number of methoxy groups -OCH3 is 1. The summed E-state index contributed by atoms with van der Waals surface area (Å²) in [5.74, 6) is 0.886. The van der Waals surface area contributed by atoms with Crippen molar-refractivity contribution in [2.75, 3.05) is 20.2 Å². The maximum Gasteiger partial charge on any atom is 0.263 e. The Hall–Kier alpha value is -1.40. The summed E-state index contributed by atoms with van der Waals surface area (Å²) >= 11 is 19.6. The first-order valence-corrected chi connectivity index (χ1v) is 9.88. The molecule has 136 valence electrons. The lowest BCUT2D eigenvalue weighted by Crippen LogP contribution is -2.33. The average Bonchev–Trinajstić information content (AvgIpc) is 3.09. The minimum Gasteiger partial charge on any atom is -0.496 e. The van der Waals surface area contributed by atoms with Crippen LogP contribution in [0.5, 0.6) is 5.75 Å². The molecule has 0 aromatic heterocycles. The fraction of sp³-hybridized carbons (Fsp3) is 0.222. The molecule has 0 radical (unpaired) electrons. The topological polar surface area (TPSA) is 41.9 Å². The Morgan fingerprint density at radius 1 is 1.19 bits per heavy atom. The van der Waals surface area contributed by atoms with Crippen LogP contribution in [0.4, 0.5) is 0 Å². The van der Waals surface area contributed by atoms with Gasteiger partial charge in [-0.3, -0.25) is 14.7 Å². The first kappa shape index (κ1) is 19.4. The quantitative estimate of drug-likeness (QED) is 0.653. The van der Waals surface area contributed by atoms with Gasteiger partial charge in [-0.05, 0) is 35.9 Å². The van der Waals surface area contributed by atoms with E-state index in [9.17, 15) is 4.79 Å². The summed E-state index contributed by atoms with van der Waals surface area (Å²) in [4.78, 5) is 19.0. The van der Waals surface area contributed by atoms with Gasteiger partial charge in [-0.2, -0.15) is 0 Å². The predicted molar refractivity (Wildman–Crippen MR) is 109 cm³/mol. The molecule has 0 N–H and O–H groups in total. The van der Waals surface area contributed by atoms with Crippen molar-refractivity contribution in [1.82, 2.24) is 4.90 Å². The summed E-state index contributed by atoms with van der Waals surface area (Å²) in [6.07, 6.45) is 0. The zero-order valence-corrected chi connectivity index (χ0v) is 16.9. The van der Waals surface area contributed by atoms with Crippen LogP contribution in [0.1, 0.15) is 15.9 Å². The lowest BCUT2D eigenvalue weighted by molar-refractivity contribution is 0.0857. The molecular weight excluding hydrogens is 415 g/mol. The van der Waals surface area contributed by atoms with Gasteiger partial charge in [0.1, 0.15) is 5.75 Å². The van der Waals surface area contributed by atoms with Gasteiger partial charge in [-0.15, -0.1) is 0 Å². The highest BCUT2D eigenvalue weighted by Crippen LogP contribution is 2.29. The van der Waals surface area contributed by atoms with Crippen LogP contribution in [-0.2, 0) is 5.75 Å². The van der Waals surface area contributed by atoms with E-state index in [0.717, 1.165) is 5.56 Å². The molecule has 1 heterocycles. The maximum atomic E-state index is 13.0. The molecule has 1 amide bonds. The molecule has 0 unspecified atom stereocenters. The molecule has 26 heavy (non-hydrogen) atoms. The zero-order valence-electron chi connectivity index (χ0n) is 13.8. The number of hydrogen-bond donors (Lipinski definition) is 0. The minimum absolute atomic E-state index is 0.185. The predicted octanol–water partition coefficient (Wildman–Crippen LogP) is 5.40. The van der Waals surface area contributed by atoms with Crippen molar-refractivity contribution in [3.8, 4) is 5.75 Å². The van der Waals surface area contributed by atoms with Crippen LogP contribution in [-0.4, -0.2) is 36.2 Å². The van der Waals surface area contributed by atoms with E-state index in [-0.39, 0.29) is 5.91 Å². The van der Waals surface area contributed by atoms with Crippen molar-refractivity contribution in [2.24, 2.45) is 4.99 Å². The lowest BCUT2D eigenvalue weighted by atomic mass is 10.2. The second-order valence-electron chi connectivity index (χ2n) is 5.49. The molecule has 0 fully saturated rings. The van der Waals surface area contributed by atoms with E-state index in [1.165, 1.54) is 18.9 Å². The molecule has 1 aliphatic heterocycles. The Bertz CT molecular complexity index is 874. The molecular formula is C18H15Cl3N2O2S. The number of carbonyl (C=O) groups excluding carboxylic acids is 1. The molecule has 0 saturated heterocycles. The molecule has 0 spiro atoms. The molecule has 3 rings (SSSR count). The van der Waals surface area contributed by atoms with Gasteiger partial charge in [0.25, 0.3) is 5.91 Å². The third-order valence-electron chi connectivity index (χ3n) is 3.81. The number of ether oxygens (including phenoxy) is 1. The molecule has 0 atom stereocenters. The number of benzene rings is 2. The number of nitrogens with zero attached hydrogens (tertiary/aromatic N) is 2. The first-order valence-electron chi connectivity index (χ1n) is 7.76. The van der Waals surface area contributed by atoms with Crippen LogP contribution in [0, 0.1) is 0 Å². The molecule has 0 aliphatic carbocycles. The van der Waals surface area contributed by atoms with E-state index >= 15 is 0 Å². The third-order valence-corrected chi connectivity index (χ3v) is 5.70. The summed E-state index contributed by atoms with van der Waals surface area (Å²) in [7, 11) is 1.52. The molecule has 1 aliphatic rings. The lowest BCUT2D eigenvalue weighted by Gasteiger charge is -2.19. The van der Waals surface area contributed by atoms with Crippen molar-refractivity contribution in [1.29, 1.82) is 0 Å². The second kappa shape index (κ2) is 8.53. The van der Waals surface area contributed by atoms with E-state index in [1.807, 2.05) is 6.07 Å². The number of halogens is 3. The minimum atomic E-state index is -0.185. The van der Waals surface area contributed by atoms with E-state index in [1.54, 1.807) is 35.2 Å². The van der Waals surface area contributed by atoms with Gasteiger partial charge >= 0.3 is 0 Å². The number of thioether (sulfide) groups is 1. The van der Waals surface area contributed by atoms with Gasteiger partial charge in [-0.25, -0.2) is 0 Å². The van der Waals surface area contributed by atoms with Crippen LogP contribution >= 0.6 is 46.6 Å². The largest absolute Gasteiger partial charge is 0.496 e. The summed E-state index contributed by atoms with van der Waals surface area (Å²) in [6.45, 7) is 1.08. The van der Waals surface area contributed by atoms with Gasteiger partial charge in [0.15, 0.2) is 5.17 Å². The van der Waals surface area contributed by atoms with Gasteiger partial charge in [0, 0.05) is 27.4 Å². The molecule has 0 bridgehead atoms. The van der Waals surface area contributed by atoms with E-state index < -0.39 is 0 Å². The summed E-state index contributed by atoms with van der Waals surface area (Å²) < 4.78 is 5.29. The van der Waals surface area contributed by atoms with Gasteiger partial charge in [0.2, 0.25) is 0 Å². The van der Waals surface area contributed by atoms with Crippen molar-refractivity contribution < 1.29 is 9.53 Å². The van der Waals surface area contributed by atoms with Gasteiger partial charge in [0.05, 0.1) is 19.2 Å². The van der Waals surface area contributed by atoms with Crippen molar-refractivity contribution >= 4 is 57.6 Å². The molecule has 0 saturated carbocycles. The summed E-state index contributed by atoms with van der Waals surface area (Å²) in [5, 5.41) is 2.32. The van der Waals surface area contributed by atoms with E-state index in [4.69, 9.17) is 39.5 Å². The Morgan fingerprint density at radius 2 is 1.92 bits per heavy atom. The smallest absolute Gasteiger partial charge is 0.263 e. The summed E-state index contributed by atoms with van der Waals surface area (Å²) in [5.41, 5.74) is 1.35. The number of amides is 1. The van der Waals surface area contributed by atoms with Gasteiger partial charge < -0.3 is 4.74 Å². The Morgan fingerprint density at radius 3 is 2.65 bits per heavy atom. The van der Waals surface area contributed by atoms with E-state index in [2.05, 4.69) is 4.99 Å². The number of carbonyl (C=O) groups is 1. The Labute approximate surface area is 171 Å². The van der Waals surface area contributed by atoms with E-state index in [0.29, 0.717) is 50.4 Å². The second-order valence-corrected chi connectivity index (χ2v) is 7.71. The van der Waals surface area contributed by atoms with Crippen LogP contribution in [0.25, 0.3) is 0 Å². The highest BCUT2D eigenvalue weighted by molar-refractivity contribution is 8.13. The number of rotatable bonds is 4. The van der Waals surface area contributed by atoms with Crippen molar-refractivity contribution in [3.63, 3.8) is 0 Å². The fourth-order valence-electron chi connectivity index (χ4n) is 2.51. The standard InChI is InChI=1S/C18H15Cl3N2O2S/c1-25-16-5-4-12(19)8-14(16)17(24)23-7-6-22-18(23)26-10-11-2-3-13(20)9-15(11)21/h2-5,8-9H,6-7,10H2,1H3. The average molecular weight is 430 g/mol. The first-order chi connectivity index (χ1) is 12.5. The van der Waals surface area contributed by atoms with Crippen LogP contribution in [0.3, 0.4) is 0 Å². The van der Waals surface area contributed by atoms with Crippen LogP contribution in [0.2, 0.25) is 15.1 Å². The molecule has 4 nitrogen and oxygen atoms in total.